The van der Waals surface area contributed by atoms with E-state index in [1.165, 1.54) is 84.2 Å². The molecule has 0 radical (unpaired) electrons. The highest BCUT2D eigenvalue weighted by Gasteiger charge is 2.40. The van der Waals surface area contributed by atoms with Crippen LogP contribution < -0.4 is 11.2 Å². The van der Waals surface area contributed by atoms with Crippen LogP contribution in [0.1, 0.15) is 213 Å². The Balaban J connectivity index is 4.82. The molecular weight excluding hydrogens is 701 g/mol. The molecule has 2 amide bonds. The average Bonchev–Trinajstić information content (AvgIpc) is 3.15. The standard InChI is InChI=1S/C43H82N3O7P/c1-4-6-8-10-12-14-16-18-20-22-24-26-28-30-32-37-41(47)46(54(50,51)53-45-40(43(49)52-3)36-34-35-39-44)42(48)38-33-31-29-27-25-23-21-19-17-15-13-11-9-7-5-2/h18-21,40,45H,4-17,22-39,44H2,1-3H3,(H,50,51)/b20-18-,21-19-/t40-/m0/s1. The highest BCUT2D eigenvalue weighted by Crippen LogP contribution is 2.47. The molecule has 0 heterocycles. The summed E-state index contributed by atoms with van der Waals surface area (Å²) in [5.74, 6) is -2.16. The van der Waals surface area contributed by atoms with Gasteiger partial charge in [0.05, 0.1) is 7.11 Å². The molecule has 54 heavy (non-hydrogen) atoms. The maximum atomic E-state index is 13.4. The monoisotopic (exact) mass is 784 g/mol. The summed E-state index contributed by atoms with van der Waals surface area (Å²) in [5, 5.41) is 0. The van der Waals surface area contributed by atoms with Gasteiger partial charge in [-0.3, -0.25) is 14.4 Å². The van der Waals surface area contributed by atoms with E-state index in [-0.39, 0.29) is 19.3 Å². The molecule has 0 saturated carbocycles. The van der Waals surface area contributed by atoms with Crippen molar-refractivity contribution in [1.82, 2.24) is 10.2 Å². The summed E-state index contributed by atoms with van der Waals surface area (Å²) in [7, 11) is -3.75. The minimum atomic E-state index is -4.96. The lowest BCUT2D eigenvalue weighted by atomic mass is 10.1. The Labute approximate surface area is 330 Å². The zero-order valence-electron chi connectivity index (χ0n) is 34.9. The average molecular weight is 784 g/mol. The van der Waals surface area contributed by atoms with Gasteiger partial charge in [-0.15, -0.1) is 0 Å². The van der Waals surface area contributed by atoms with Crippen molar-refractivity contribution >= 4 is 25.5 Å². The molecule has 316 valence electrons. The predicted molar refractivity (Wildman–Crippen MR) is 224 cm³/mol. The predicted octanol–water partition coefficient (Wildman–Crippen LogP) is 11.7. The maximum Gasteiger partial charge on any atom is 0.458 e. The third kappa shape index (κ3) is 30.4. The Kier molecular flexibility index (Phi) is 36.8. The summed E-state index contributed by atoms with van der Waals surface area (Å²) < 4.78 is 23.7. The molecule has 11 heteroatoms. The van der Waals surface area contributed by atoms with Gasteiger partial charge < -0.3 is 15.4 Å². The number of rotatable bonds is 39. The molecule has 10 nitrogen and oxygen atoms in total. The van der Waals surface area contributed by atoms with Crippen molar-refractivity contribution in [1.29, 1.82) is 0 Å². The first kappa shape index (κ1) is 52.2. The van der Waals surface area contributed by atoms with Crippen LogP contribution in [0.15, 0.2) is 24.3 Å². The molecule has 4 N–H and O–H groups in total. The lowest BCUT2D eigenvalue weighted by Crippen LogP contribution is -2.41. The number of nitrogens with one attached hydrogen (secondary N) is 1. The van der Waals surface area contributed by atoms with Crippen LogP contribution in [-0.4, -0.2) is 47.0 Å². The van der Waals surface area contributed by atoms with Crippen molar-refractivity contribution in [2.45, 2.75) is 219 Å². The van der Waals surface area contributed by atoms with Gasteiger partial charge in [0.2, 0.25) is 11.8 Å². The van der Waals surface area contributed by atoms with E-state index in [0.29, 0.717) is 36.9 Å². The van der Waals surface area contributed by atoms with Crippen molar-refractivity contribution in [2.24, 2.45) is 5.73 Å². The lowest BCUT2D eigenvalue weighted by Gasteiger charge is -2.26. The molecule has 0 rings (SSSR count). The number of imide groups is 1. The fourth-order valence-corrected chi connectivity index (χ4v) is 7.47. The molecule has 1 unspecified atom stereocenters. The molecule has 0 aliphatic rings. The summed E-state index contributed by atoms with van der Waals surface area (Å²) in [6.45, 7) is 4.91. The number of nitrogens with two attached hydrogens (primary N) is 1. The van der Waals surface area contributed by atoms with Gasteiger partial charge in [0.25, 0.3) is 0 Å². The van der Waals surface area contributed by atoms with Crippen LogP contribution in [0.5, 0.6) is 0 Å². The molecule has 0 aromatic carbocycles. The highest BCUT2D eigenvalue weighted by atomic mass is 31.2. The number of ether oxygens (including phenoxy) is 1. The number of carbonyl (C=O) groups excluding carboxylic acids is 3. The van der Waals surface area contributed by atoms with E-state index in [0.717, 1.165) is 77.0 Å². The number of hydrogen-bond donors (Lipinski definition) is 3. The smallest absolute Gasteiger partial charge is 0.458 e. The molecule has 0 aliphatic heterocycles. The number of unbranched alkanes of at least 4 members (excludes halogenated alkanes) is 23. The Morgan fingerprint density at radius 2 is 0.981 bits per heavy atom. The third-order valence-corrected chi connectivity index (χ3v) is 11.1. The normalized spacial score (nSPS) is 13.4. The van der Waals surface area contributed by atoms with Gasteiger partial charge in [-0.1, -0.05) is 141 Å². The second-order valence-corrected chi connectivity index (χ2v) is 16.4. The van der Waals surface area contributed by atoms with Gasteiger partial charge in [0, 0.05) is 12.8 Å². The molecular formula is C43H82N3O7P. The molecule has 2 atom stereocenters. The summed E-state index contributed by atoms with van der Waals surface area (Å²) in [6, 6.07) is -1.05. The van der Waals surface area contributed by atoms with Gasteiger partial charge in [-0.25, -0.2) is 9.19 Å². The number of allylic oxidation sites excluding steroid dienone is 4. The molecule has 0 aromatic rings. The van der Waals surface area contributed by atoms with Crippen molar-refractivity contribution in [3.05, 3.63) is 24.3 Å². The van der Waals surface area contributed by atoms with Gasteiger partial charge in [-0.2, -0.15) is 10.2 Å². The Morgan fingerprint density at radius 1 is 0.611 bits per heavy atom. The first-order valence-electron chi connectivity index (χ1n) is 22.0. The van der Waals surface area contributed by atoms with E-state index in [1.54, 1.807) is 0 Å². The van der Waals surface area contributed by atoms with E-state index in [4.69, 9.17) is 15.1 Å². The third-order valence-electron chi connectivity index (χ3n) is 9.78. The number of hydroxylamine groups is 1. The topological polar surface area (TPSA) is 148 Å². The molecule has 0 spiro atoms. The molecule has 0 aromatic heterocycles. The molecule has 0 aliphatic carbocycles. The second-order valence-electron chi connectivity index (χ2n) is 14.8. The number of nitrogens with zero attached hydrogens (tertiary/aromatic N) is 1. The second kappa shape index (κ2) is 38.1. The van der Waals surface area contributed by atoms with Gasteiger partial charge in [0.1, 0.15) is 6.04 Å². The van der Waals surface area contributed by atoms with Crippen molar-refractivity contribution < 1.29 is 33.2 Å². The minimum absolute atomic E-state index is 0.0406. The van der Waals surface area contributed by atoms with Gasteiger partial charge in [-0.05, 0) is 90.0 Å². The Morgan fingerprint density at radius 3 is 1.35 bits per heavy atom. The van der Waals surface area contributed by atoms with E-state index >= 15 is 0 Å². The van der Waals surface area contributed by atoms with Gasteiger partial charge in [0.15, 0.2) is 0 Å². The van der Waals surface area contributed by atoms with Crippen LogP contribution in [0.4, 0.5) is 0 Å². The van der Waals surface area contributed by atoms with Crippen LogP contribution in [-0.2, 0) is 28.3 Å². The molecule has 0 saturated heterocycles. The summed E-state index contributed by atoms with van der Waals surface area (Å²) >= 11 is 0. The van der Waals surface area contributed by atoms with E-state index in [2.05, 4.69) is 43.6 Å². The zero-order valence-corrected chi connectivity index (χ0v) is 35.8. The van der Waals surface area contributed by atoms with Crippen LogP contribution in [0.25, 0.3) is 0 Å². The Bertz CT molecular complexity index is 971. The SMILES string of the molecule is CCCCCCCC/C=C\CCCCCCCC(=O)N(C(=O)CCCCCCC/C=C\CCCCCCCC)P(=O)(O)ON[C@@H](CCCCN)C(=O)OC. The van der Waals surface area contributed by atoms with Crippen LogP contribution in [0, 0.1) is 0 Å². The maximum absolute atomic E-state index is 13.4. The number of amides is 2. The quantitative estimate of drug-likeness (QED) is 0.0182. The van der Waals surface area contributed by atoms with Crippen molar-refractivity contribution in [3.8, 4) is 0 Å². The highest BCUT2D eigenvalue weighted by molar-refractivity contribution is 7.51. The van der Waals surface area contributed by atoms with Crippen molar-refractivity contribution in [2.75, 3.05) is 13.7 Å². The first-order chi connectivity index (χ1) is 26.2. The Hall–Kier alpha value is -1.84. The zero-order chi connectivity index (χ0) is 40.0. The first-order valence-corrected chi connectivity index (χ1v) is 23.5. The van der Waals surface area contributed by atoms with Gasteiger partial charge >= 0.3 is 13.7 Å². The summed E-state index contributed by atoms with van der Waals surface area (Å²) in [6.07, 6.45) is 39.3. The fourth-order valence-electron chi connectivity index (χ4n) is 6.36. The van der Waals surface area contributed by atoms with Crippen molar-refractivity contribution in [3.63, 3.8) is 0 Å². The van der Waals surface area contributed by atoms with Crippen LogP contribution >= 0.6 is 7.75 Å². The van der Waals surface area contributed by atoms with E-state index in [9.17, 15) is 23.8 Å². The van der Waals surface area contributed by atoms with E-state index < -0.39 is 31.6 Å². The minimum Gasteiger partial charge on any atom is -0.468 e. The lowest BCUT2D eigenvalue weighted by molar-refractivity contribution is -0.146. The number of hydrogen-bond acceptors (Lipinski definition) is 8. The molecule has 0 bridgehead atoms. The number of esters is 1. The van der Waals surface area contributed by atoms with Crippen LogP contribution in [0.2, 0.25) is 0 Å². The fraction of sp³-hybridized carbons (Fsp3) is 0.837. The molecule has 0 fully saturated rings. The van der Waals surface area contributed by atoms with E-state index in [1.807, 2.05) is 0 Å². The number of methoxy groups -OCH3 is 1. The summed E-state index contributed by atoms with van der Waals surface area (Å²) in [4.78, 5) is 49.8. The van der Waals surface area contributed by atoms with Crippen LogP contribution in [0.3, 0.4) is 0 Å². The number of carbonyl (C=O) groups is 3. The summed E-state index contributed by atoms with van der Waals surface area (Å²) in [5.41, 5.74) is 7.88. The largest absolute Gasteiger partial charge is 0.468 e.